The monoisotopic (exact) mass is 251 g/mol. The van der Waals surface area contributed by atoms with Crippen molar-refractivity contribution in [1.29, 1.82) is 0 Å². The van der Waals surface area contributed by atoms with Crippen molar-refractivity contribution in [3.8, 4) is 5.75 Å². The fourth-order valence-corrected chi connectivity index (χ4v) is 1.80. The Kier molecular flexibility index (Phi) is 3.69. The van der Waals surface area contributed by atoms with Gasteiger partial charge in [0, 0.05) is 25.8 Å². The van der Waals surface area contributed by atoms with Crippen LogP contribution in [0.1, 0.15) is 0 Å². The van der Waals surface area contributed by atoms with Gasteiger partial charge >= 0.3 is 0 Å². The Balaban J connectivity index is 2.15. The number of fused-ring (bicyclic) bond motifs is 1. The summed E-state index contributed by atoms with van der Waals surface area (Å²) in [6, 6.07) is 5.49. The third-order valence-corrected chi connectivity index (χ3v) is 2.79. The first-order valence-corrected chi connectivity index (χ1v) is 5.76. The number of likely N-dealkylation sites (N-methyl/N-ethyl adjacent to an activating group) is 1. The topological polar surface area (TPSA) is 87.8 Å². The van der Waals surface area contributed by atoms with Crippen molar-refractivity contribution in [1.82, 2.24) is 0 Å². The maximum absolute atomic E-state index is 11.2. The number of nitrogens with zero attached hydrogens (tertiary/aromatic N) is 1. The third kappa shape index (κ3) is 2.72. The van der Waals surface area contributed by atoms with Crippen molar-refractivity contribution in [2.45, 2.75) is 6.10 Å². The lowest BCUT2D eigenvalue weighted by molar-refractivity contribution is -0.118. The Morgan fingerprint density at radius 3 is 3.11 bits per heavy atom. The molecule has 0 aliphatic carbocycles. The van der Waals surface area contributed by atoms with E-state index in [0.29, 0.717) is 18.0 Å². The molecule has 1 atom stereocenters. The summed E-state index contributed by atoms with van der Waals surface area (Å²) in [7, 11) is 1.85. The Morgan fingerprint density at radius 2 is 2.39 bits per heavy atom. The molecule has 0 aromatic heterocycles. The van der Waals surface area contributed by atoms with Crippen molar-refractivity contribution in [2.75, 3.05) is 37.0 Å². The number of anilines is 2. The van der Waals surface area contributed by atoms with Crippen LogP contribution < -0.4 is 20.7 Å². The summed E-state index contributed by atoms with van der Waals surface area (Å²) in [5.41, 5.74) is 6.91. The van der Waals surface area contributed by atoms with Crippen molar-refractivity contribution in [3.05, 3.63) is 18.2 Å². The number of ether oxygens (including phenoxy) is 1. The minimum absolute atomic E-state index is 0.0497. The molecule has 18 heavy (non-hydrogen) atoms. The Morgan fingerprint density at radius 1 is 1.61 bits per heavy atom. The summed E-state index contributed by atoms with van der Waals surface area (Å²) in [5.74, 6) is 0.496. The number of benzene rings is 1. The van der Waals surface area contributed by atoms with Crippen LogP contribution in [0.15, 0.2) is 18.2 Å². The molecule has 4 N–H and O–H groups in total. The van der Waals surface area contributed by atoms with E-state index in [9.17, 15) is 9.90 Å². The zero-order valence-corrected chi connectivity index (χ0v) is 10.2. The molecule has 2 rings (SSSR count). The highest BCUT2D eigenvalue weighted by molar-refractivity contribution is 5.96. The molecule has 6 heteroatoms. The smallest absolute Gasteiger partial charge is 0.262 e. The summed E-state index contributed by atoms with van der Waals surface area (Å²) < 4.78 is 5.27. The van der Waals surface area contributed by atoms with E-state index in [-0.39, 0.29) is 19.1 Å². The van der Waals surface area contributed by atoms with Crippen molar-refractivity contribution >= 4 is 17.3 Å². The van der Waals surface area contributed by atoms with Gasteiger partial charge in [-0.25, -0.2) is 0 Å². The third-order valence-electron chi connectivity index (χ3n) is 2.79. The van der Waals surface area contributed by atoms with Gasteiger partial charge in [0.05, 0.1) is 11.8 Å². The SMILES string of the molecule is CN(CC(O)CN)c1ccc2c(c1)NC(=O)CO2. The van der Waals surface area contributed by atoms with E-state index < -0.39 is 6.10 Å². The lowest BCUT2D eigenvalue weighted by Gasteiger charge is -2.24. The number of hydrogen-bond donors (Lipinski definition) is 3. The summed E-state index contributed by atoms with van der Waals surface area (Å²) in [6.45, 7) is 0.702. The van der Waals surface area contributed by atoms with Crippen LogP contribution in [0.4, 0.5) is 11.4 Å². The first kappa shape index (κ1) is 12.7. The van der Waals surface area contributed by atoms with Crippen LogP contribution in [0, 0.1) is 0 Å². The number of nitrogens with two attached hydrogens (primary N) is 1. The molecular formula is C12H17N3O3. The molecule has 0 fully saturated rings. The van der Waals surface area contributed by atoms with Gasteiger partial charge in [-0.05, 0) is 18.2 Å². The Bertz CT molecular complexity index is 450. The molecule has 1 aliphatic heterocycles. The molecule has 1 amide bonds. The number of carbonyl (C=O) groups excluding carboxylic acids is 1. The first-order valence-electron chi connectivity index (χ1n) is 5.76. The minimum Gasteiger partial charge on any atom is -0.482 e. The van der Waals surface area contributed by atoms with Crippen LogP contribution in [-0.2, 0) is 4.79 Å². The predicted octanol–water partition coefficient (Wildman–Crippen LogP) is -0.227. The minimum atomic E-state index is -0.572. The number of rotatable bonds is 4. The van der Waals surface area contributed by atoms with E-state index >= 15 is 0 Å². The molecule has 1 aromatic rings. The lowest BCUT2D eigenvalue weighted by Crippen LogP contribution is -2.34. The van der Waals surface area contributed by atoms with E-state index in [0.717, 1.165) is 5.69 Å². The zero-order valence-electron chi connectivity index (χ0n) is 10.2. The second kappa shape index (κ2) is 5.24. The van der Waals surface area contributed by atoms with E-state index in [4.69, 9.17) is 10.5 Å². The Hall–Kier alpha value is -1.79. The number of hydrogen-bond acceptors (Lipinski definition) is 5. The number of carbonyl (C=O) groups is 1. The summed E-state index contributed by atoms with van der Waals surface area (Å²) in [6.07, 6.45) is -0.572. The van der Waals surface area contributed by atoms with Crippen molar-refractivity contribution in [2.24, 2.45) is 5.73 Å². The molecule has 0 saturated carbocycles. The van der Waals surface area contributed by atoms with Gasteiger partial charge < -0.3 is 25.8 Å². The summed E-state index contributed by atoms with van der Waals surface area (Å²) in [4.78, 5) is 13.1. The van der Waals surface area contributed by atoms with Gasteiger partial charge in [0.2, 0.25) is 0 Å². The van der Waals surface area contributed by atoms with Gasteiger partial charge in [0.1, 0.15) is 5.75 Å². The maximum atomic E-state index is 11.2. The molecule has 0 saturated heterocycles. The second-order valence-corrected chi connectivity index (χ2v) is 4.29. The van der Waals surface area contributed by atoms with Gasteiger partial charge in [-0.3, -0.25) is 4.79 Å². The van der Waals surface area contributed by atoms with Gasteiger partial charge in [-0.2, -0.15) is 0 Å². The van der Waals surface area contributed by atoms with Crippen LogP contribution in [0.25, 0.3) is 0 Å². The molecule has 0 spiro atoms. The number of nitrogens with one attached hydrogen (secondary N) is 1. The lowest BCUT2D eigenvalue weighted by atomic mass is 10.2. The molecule has 98 valence electrons. The number of amides is 1. The summed E-state index contributed by atoms with van der Waals surface area (Å²) in [5, 5.41) is 12.3. The van der Waals surface area contributed by atoms with Gasteiger partial charge in [-0.1, -0.05) is 0 Å². The number of aliphatic hydroxyl groups excluding tert-OH is 1. The van der Waals surface area contributed by atoms with E-state index in [1.807, 2.05) is 24.1 Å². The van der Waals surface area contributed by atoms with E-state index in [1.54, 1.807) is 6.07 Å². The average molecular weight is 251 g/mol. The second-order valence-electron chi connectivity index (χ2n) is 4.29. The average Bonchev–Trinajstić information content (AvgIpc) is 2.37. The molecule has 1 unspecified atom stereocenters. The Labute approximate surface area is 105 Å². The predicted molar refractivity (Wildman–Crippen MR) is 68.9 cm³/mol. The molecule has 0 radical (unpaired) electrons. The van der Waals surface area contributed by atoms with Gasteiger partial charge in [0.25, 0.3) is 5.91 Å². The highest BCUT2D eigenvalue weighted by atomic mass is 16.5. The molecule has 1 aliphatic rings. The van der Waals surface area contributed by atoms with Crippen molar-refractivity contribution in [3.63, 3.8) is 0 Å². The molecule has 1 aromatic carbocycles. The number of aliphatic hydroxyl groups is 1. The van der Waals surface area contributed by atoms with Crippen LogP contribution in [0.3, 0.4) is 0 Å². The fourth-order valence-electron chi connectivity index (χ4n) is 1.80. The van der Waals surface area contributed by atoms with Crippen LogP contribution in [-0.4, -0.2) is 43.9 Å². The van der Waals surface area contributed by atoms with E-state index in [1.165, 1.54) is 0 Å². The molecule has 6 nitrogen and oxygen atoms in total. The largest absolute Gasteiger partial charge is 0.482 e. The molecular weight excluding hydrogens is 234 g/mol. The fraction of sp³-hybridized carbons (Fsp3) is 0.417. The summed E-state index contributed by atoms with van der Waals surface area (Å²) >= 11 is 0. The van der Waals surface area contributed by atoms with Gasteiger partial charge in [-0.15, -0.1) is 0 Å². The zero-order chi connectivity index (χ0) is 13.1. The normalized spacial score (nSPS) is 15.4. The molecule has 0 bridgehead atoms. The highest BCUT2D eigenvalue weighted by Crippen LogP contribution is 2.31. The van der Waals surface area contributed by atoms with E-state index in [2.05, 4.69) is 5.32 Å². The quantitative estimate of drug-likeness (QED) is 0.688. The maximum Gasteiger partial charge on any atom is 0.262 e. The first-order chi connectivity index (χ1) is 8.60. The van der Waals surface area contributed by atoms with Crippen LogP contribution in [0.2, 0.25) is 0 Å². The standard InChI is InChI=1S/C12H17N3O3/c1-15(6-9(16)5-13)8-2-3-11-10(4-8)14-12(17)7-18-11/h2-4,9,16H,5-7,13H2,1H3,(H,14,17). The highest BCUT2D eigenvalue weighted by Gasteiger charge is 2.17. The van der Waals surface area contributed by atoms with Crippen LogP contribution in [0.5, 0.6) is 5.75 Å². The van der Waals surface area contributed by atoms with Crippen LogP contribution >= 0.6 is 0 Å². The van der Waals surface area contributed by atoms with Crippen molar-refractivity contribution < 1.29 is 14.6 Å². The molecule has 1 heterocycles. The van der Waals surface area contributed by atoms with Gasteiger partial charge in [0.15, 0.2) is 6.61 Å².